The lowest BCUT2D eigenvalue weighted by Gasteiger charge is -2.34. The summed E-state index contributed by atoms with van der Waals surface area (Å²) < 4.78 is 0. The van der Waals surface area contributed by atoms with E-state index < -0.39 is 0 Å². The molecule has 2 aromatic rings. The van der Waals surface area contributed by atoms with Gasteiger partial charge in [0.1, 0.15) is 5.69 Å². The Bertz CT molecular complexity index is 791. The molecule has 0 aliphatic carbocycles. The van der Waals surface area contributed by atoms with Crippen molar-refractivity contribution < 1.29 is 9.59 Å². The van der Waals surface area contributed by atoms with Crippen LogP contribution in [0.4, 0.5) is 5.69 Å². The Morgan fingerprint density at radius 3 is 2.48 bits per heavy atom. The number of amides is 2. The lowest BCUT2D eigenvalue weighted by molar-refractivity contribution is -0.117. The van der Waals surface area contributed by atoms with Gasteiger partial charge in [-0.15, -0.1) is 0 Å². The van der Waals surface area contributed by atoms with E-state index in [0.29, 0.717) is 44.3 Å². The number of aromatic amines is 1. The Balaban J connectivity index is 1.54. The third-order valence-electron chi connectivity index (χ3n) is 5.05. The highest BCUT2D eigenvalue weighted by molar-refractivity contribution is 5.94. The zero-order valence-corrected chi connectivity index (χ0v) is 16.3. The van der Waals surface area contributed by atoms with Gasteiger partial charge >= 0.3 is 0 Å². The highest BCUT2D eigenvalue weighted by atomic mass is 16.2. The molecule has 1 aromatic carbocycles. The maximum Gasteiger partial charge on any atom is 0.270 e. The van der Waals surface area contributed by atoms with E-state index in [0.717, 1.165) is 16.8 Å². The number of aromatic nitrogens is 1. The first-order chi connectivity index (χ1) is 13.0. The number of aryl methyl sites for hydroxylation is 1. The largest absolute Gasteiger partial charge is 0.357 e. The van der Waals surface area contributed by atoms with Crippen LogP contribution in [0.1, 0.15) is 41.4 Å². The summed E-state index contributed by atoms with van der Waals surface area (Å²) in [4.78, 5) is 31.8. The third kappa shape index (κ3) is 4.57. The zero-order valence-electron chi connectivity index (χ0n) is 16.3. The number of anilines is 1. The number of benzene rings is 1. The lowest BCUT2D eigenvalue weighted by Crippen LogP contribution is -2.50. The maximum atomic E-state index is 12.6. The van der Waals surface area contributed by atoms with Crippen LogP contribution in [0, 0.1) is 6.92 Å². The molecular formula is C21H28N4O2. The summed E-state index contributed by atoms with van der Waals surface area (Å²) in [5.41, 5.74) is 3.78. The maximum absolute atomic E-state index is 12.6. The number of carbonyl (C=O) groups excluding carboxylic acids is 2. The van der Waals surface area contributed by atoms with Crippen molar-refractivity contribution in [1.82, 2.24) is 14.8 Å². The van der Waals surface area contributed by atoms with Crippen LogP contribution in [0.3, 0.4) is 0 Å². The Hall–Kier alpha value is -2.60. The first kappa shape index (κ1) is 19.2. The van der Waals surface area contributed by atoms with Crippen LogP contribution >= 0.6 is 0 Å². The fraction of sp³-hybridized carbons (Fsp3) is 0.429. The second kappa shape index (κ2) is 8.39. The second-order valence-electron chi connectivity index (χ2n) is 7.39. The molecule has 6 nitrogen and oxygen atoms in total. The Morgan fingerprint density at radius 2 is 1.85 bits per heavy atom. The van der Waals surface area contributed by atoms with E-state index in [1.165, 1.54) is 0 Å². The van der Waals surface area contributed by atoms with Gasteiger partial charge in [-0.25, -0.2) is 0 Å². The molecule has 1 fully saturated rings. The van der Waals surface area contributed by atoms with Crippen LogP contribution in [0.5, 0.6) is 0 Å². The summed E-state index contributed by atoms with van der Waals surface area (Å²) in [6, 6.07) is 9.73. The van der Waals surface area contributed by atoms with Crippen molar-refractivity contribution in [2.75, 3.05) is 38.0 Å². The van der Waals surface area contributed by atoms with Gasteiger partial charge in [-0.05, 0) is 36.1 Å². The topological polar surface area (TPSA) is 68.4 Å². The quantitative estimate of drug-likeness (QED) is 0.853. The molecule has 1 saturated heterocycles. The first-order valence-electron chi connectivity index (χ1n) is 9.50. The fourth-order valence-corrected chi connectivity index (χ4v) is 3.47. The number of nitrogens with one attached hydrogen (secondary N) is 2. The highest BCUT2D eigenvalue weighted by Crippen LogP contribution is 2.27. The molecule has 2 N–H and O–H groups in total. The number of H-pyrrole nitrogens is 1. The van der Waals surface area contributed by atoms with Crippen molar-refractivity contribution in [3.05, 3.63) is 53.3 Å². The molecule has 0 bridgehead atoms. The number of piperazine rings is 1. The van der Waals surface area contributed by atoms with E-state index in [4.69, 9.17) is 0 Å². The van der Waals surface area contributed by atoms with Gasteiger partial charge in [-0.3, -0.25) is 14.5 Å². The molecule has 0 unspecified atom stereocenters. The number of hydrogen-bond acceptors (Lipinski definition) is 3. The minimum atomic E-state index is -0.00431. The molecule has 0 radical (unpaired) electrons. The molecule has 1 aliphatic rings. The lowest BCUT2D eigenvalue weighted by atomic mass is 9.98. The fourth-order valence-electron chi connectivity index (χ4n) is 3.47. The van der Waals surface area contributed by atoms with Gasteiger partial charge < -0.3 is 15.2 Å². The van der Waals surface area contributed by atoms with Crippen LogP contribution in [0.2, 0.25) is 0 Å². The van der Waals surface area contributed by atoms with E-state index in [-0.39, 0.29) is 11.8 Å². The first-order valence-corrected chi connectivity index (χ1v) is 9.50. The molecule has 1 aliphatic heterocycles. The molecule has 6 heteroatoms. The molecular weight excluding hydrogens is 340 g/mol. The van der Waals surface area contributed by atoms with Gasteiger partial charge in [0.2, 0.25) is 5.91 Å². The monoisotopic (exact) mass is 368 g/mol. The number of carbonyl (C=O) groups is 2. The van der Waals surface area contributed by atoms with Gasteiger partial charge in [0.15, 0.2) is 0 Å². The standard InChI is InChI=1S/C21H28N4O2/c1-15(2)17-7-4-6-16(3)20(17)23-19(26)14-24-10-12-25(13-11-24)21(27)18-8-5-9-22-18/h4-9,15,22H,10-14H2,1-3H3,(H,23,26). The molecule has 0 saturated carbocycles. The summed E-state index contributed by atoms with van der Waals surface area (Å²) in [7, 11) is 0. The summed E-state index contributed by atoms with van der Waals surface area (Å²) in [6.07, 6.45) is 1.75. The summed E-state index contributed by atoms with van der Waals surface area (Å²) in [6.45, 7) is 9.29. The summed E-state index contributed by atoms with van der Waals surface area (Å²) in [5.74, 6) is 0.365. The molecule has 0 atom stereocenters. The predicted molar refractivity (Wildman–Crippen MR) is 107 cm³/mol. The number of nitrogens with zero attached hydrogens (tertiary/aromatic N) is 2. The average molecular weight is 368 g/mol. The van der Waals surface area contributed by atoms with Gasteiger partial charge in [0.05, 0.1) is 6.54 Å². The van der Waals surface area contributed by atoms with Crippen LogP contribution in [-0.4, -0.2) is 59.3 Å². The SMILES string of the molecule is Cc1cccc(C(C)C)c1NC(=O)CN1CCN(C(=O)c2ccc[nH]2)CC1. The predicted octanol–water partition coefficient (Wildman–Crippen LogP) is 2.84. The Labute approximate surface area is 160 Å². The van der Waals surface area contributed by atoms with Crippen molar-refractivity contribution >= 4 is 17.5 Å². The average Bonchev–Trinajstić information content (AvgIpc) is 3.18. The number of rotatable bonds is 5. The minimum Gasteiger partial charge on any atom is -0.357 e. The Kier molecular flexibility index (Phi) is 5.96. The van der Waals surface area contributed by atoms with Crippen molar-refractivity contribution in [3.8, 4) is 0 Å². The molecule has 2 amide bonds. The van der Waals surface area contributed by atoms with E-state index in [1.54, 1.807) is 12.3 Å². The second-order valence-corrected chi connectivity index (χ2v) is 7.39. The Morgan fingerprint density at radius 1 is 1.11 bits per heavy atom. The van der Waals surface area contributed by atoms with Crippen LogP contribution in [-0.2, 0) is 4.79 Å². The van der Waals surface area contributed by atoms with Crippen molar-refractivity contribution in [1.29, 1.82) is 0 Å². The van der Waals surface area contributed by atoms with Crippen molar-refractivity contribution in [2.45, 2.75) is 26.7 Å². The highest BCUT2D eigenvalue weighted by Gasteiger charge is 2.24. The van der Waals surface area contributed by atoms with Gasteiger partial charge in [0, 0.05) is 38.1 Å². The van der Waals surface area contributed by atoms with Crippen molar-refractivity contribution in [3.63, 3.8) is 0 Å². The number of para-hydroxylation sites is 1. The van der Waals surface area contributed by atoms with E-state index in [2.05, 4.69) is 35.1 Å². The minimum absolute atomic E-state index is 0.00431. The van der Waals surface area contributed by atoms with E-state index in [1.807, 2.05) is 30.0 Å². The summed E-state index contributed by atoms with van der Waals surface area (Å²) in [5, 5.41) is 3.10. The molecule has 3 rings (SSSR count). The van der Waals surface area contributed by atoms with E-state index in [9.17, 15) is 9.59 Å². The van der Waals surface area contributed by atoms with Gasteiger partial charge in [-0.2, -0.15) is 0 Å². The van der Waals surface area contributed by atoms with Crippen LogP contribution in [0.25, 0.3) is 0 Å². The zero-order chi connectivity index (χ0) is 19.4. The van der Waals surface area contributed by atoms with Gasteiger partial charge in [-0.1, -0.05) is 32.0 Å². The normalized spacial score (nSPS) is 15.2. The molecule has 2 heterocycles. The molecule has 0 spiro atoms. The molecule has 144 valence electrons. The van der Waals surface area contributed by atoms with E-state index >= 15 is 0 Å². The van der Waals surface area contributed by atoms with Crippen molar-refractivity contribution in [2.24, 2.45) is 0 Å². The smallest absolute Gasteiger partial charge is 0.270 e. The molecule has 27 heavy (non-hydrogen) atoms. The summed E-state index contributed by atoms with van der Waals surface area (Å²) >= 11 is 0. The molecule has 1 aromatic heterocycles. The van der Waals surface area contributed by atoms with Crippen LogP contribution < -0.4 is 5.32 Å². The van der Waals surface area contributed by atoms with Crippen LogP contribution in [0.15, 0.2) is 36.5 Å². The number of hydrogen-bond donors (Lipinski definition) is 2. The third-order valence-corrected chi connectivity index (χ3v) is 5.05. The van der Waals surface area contributed by atoms with Gasteiger partial charge in [0.25, 0.3) is 5.91 Å².